The Morgan fingerprint density at radius 2 is 2.12 bits per heavy atom. The molecule has 2 N–H and O–H groups in total. The van der Waals surface area contributed by atoms with Crippen LogP contribution >= 0.6 is 0 Å². The van der Waals surface area contributed by atoms with Crippen LogP contribution < -0.4 is 5.46 Å². The van der Waals surface area contributed by atoms with E-state index in [9.17, 15) is 4.79 Å². The predicted octanol–water partition coefficient (Wildman–Crippen LogP) is 0.658. The Morgan fingerprint density at radius 1 is 1.44 bits per heavy atom. The van der Waals surface area contributed by atoms with Gasteiger partial charge in [-0.1, -0.05) is 18.2 Å². The van der Waals surface area contributed by atoms with Crippen LogP contribution in [-0.4, -0.2) is 22.9 Å². The highest BCUT2D eigenvalue weighted by Crippen LogP contribution is 2.33. The third kappa shape index (κ3) is 2.51. The predicted molar refractivity (Wildman–Crippen MR) is 62.7 cm³/mol. The Balaban J connectivity index is 2.17. The molecule has 0 atom stereocenters. The molecule has 0 heterocycles. The van der Waals surface area contributed by atoms with E-state index in [2.05, 4.69) is 0 Å². The van der Waals surface area contributed by atoms with E-state index < -0.39 is 7.12 Å². The fourth-order valence-corrected chi connectivity index (χ4v) is 1.85. The topological polar surface area (TPSA) is 57.5 Å². The summed E-state index contributed by atoms with van der Waals surface area (Å²) >= 11 is 0. The van der Waals surface area contributed by atoms with Crippen LogP contribution in [0.4, 0.5) is 0 Å². The highest BCUT2D eigenvalue weighted by molar-refractivity contribution is 6.58. The van der Waals surface area contributed by atoms with E-state index in [0.717, 1.165) is 18.4 Å². The fourth-order valence-electron chi connectivity index (χ4n) is 1.85. The first kappa shape index (κ1) is 11.4. The Kier molecular flexibility index (Phi) is 3.12. The summed E-state index contributed by atoms with van der Waals surface area (Å²) in [6.07, 6.45) is 2.96. The van der Waals surface area contributed by atoms with Gasteiger partial charge in [-0.3, -0.25) is 4.79 Å². The number of carbonyl (C=O) groups excluding carboxylic acids is 1. The summed E-state index contributed by atoms with van der Waals surface area (Å²) in [5.41, 5.74) is 1.95. The van der Waals surface area contributed by atoms with Gasteiger partial charge >= 0.3 is 7.12 Å². The highest BCUT2D eigenvalue weighted by Gasteiger charge is 2.25. The lowest BCUT2D eigenvalue weighted by atomic mass is 9.78. The van der Waals surface area contributed by atoms with Gasteiger partial charge in [0.2, 0.25) is 0 Å². The van der Waals surface area contributed by atoms with Gasteiger partial charge in [-0.05, 0) is 36.7 Å². The van der Waals surface area contributed by atoms with Gasteiger partial charge in [0, 0.05) is 12.0 Å². The molecule has 0 spiro atoms. The van der Waals surface area contributed by atoms with Gasteiger partial charge in [-0.25, -0.2) is 0 Å². The summed E-state index contributed by atoms with van der Waals surface area (Å²) in [6.45, 7) is 1.83. The van der Waals surface area contributed by atoms with Crippen molar-refractivity contribution in [2.75, 3.05) is 0 Å². The first-order valence-corrected chi connectivity index (χ1v) is 5.58. The molecular weight excluding hydrogens is 203 g/mol. The zero-order valence-corrected chi connectivity index (χ0v) is 9.31. The molecule has 1 aliphatic rings. The first-order valence-electron chi connectivity index (χ1n) is 5.58. The highest BCUT2D eigenvalue weighted by atomic mass is 16.4. The third-order valence-corrected chi connectivity index (χ3v) is 3.02. The van der Waals surface area contributed by atoms with Crippen molar-refractivity contribution in [1.82, 2.24) is 0 Å². The number of Topliss-reactive ketones (excluding diaryl/α,β-unsaturated/α-hetero) is 1. The summed E-state index contributed by atoms with van der Waals surface area (Å²) in [5.74, 6) is 0.744. The molecule has 1 aromatic carbocycles. The largest absolute Gasteiger partial charge is 0.488 e. The minimum atomic E-state index is -1.47. The molecule has 3 nitrogen and oxygen atoms in total. The van der Waals surface area contributed by atoms with Crippen LogP contribution in [0, 0.1) is 12.8 Å². The normalized spacial score (nSPS) is 14.9. The van der Waals surface area contributed by atoms with Crippen molar-refractivity contribution < 1.29 is 14.8 Å². The van der Waals surface area contributed by atoms with Crippen LogP contribution in [0.1, 0.15) is 35.2 Å². The van der Waals surface area contributed by atoms with Gasteiger partial charge in [0.1, 0.15) is 0 Å². The molecule has 0 aromatic heterocycles. The molecule has 1 saturated carbocycles. The zero-order chi connectivity index (χ0) is 11.7. The first-order chi connectivity index (χ1) is 7.58. The monoisotopic (exact) mass is 218 g/mol. The van der Waals surface area contributed by atoms with E-state index >= 15 is 0 Å². The van der Waals surface area contributed by atoms with Crippen LogP contribution in [0.25, 0.3) is 0 Å². The van der Waals surface area contributed by atoms with Crippen LogP contribution in [0.5, 0.6) is 0 Å². The molecule has 1 aliphatic carbocycles. The minimum Gasteiger partial charge on any atom is -0.423 e. The van der Waals surface area contributed by atoms with Crippen molar-refractivity contribution in [3.05, 3.63) is 29.3 Å². The Morgan fingerprint density at radius 3 is 2.62 bits per heavy atom. The average Bonchev–Trinajstić information content (AvgIpc) is 3.01. The lowest BCUT2D eigenvalue weighted by Gasteiger charge is -2.07. The molecule has 0 bridgehead atoms. The Hall–Kier alpha value is -1.13. The maximum Gasteiger partial charge on any atom is 0.488 e. The molecule has 84 valence electrons. The summed E-state index contributed by atoms with van der Waals surface area (Å²) in [7, 11) is -1.47. The van der Waals surface area contributed by atoms with Gasteiger partial charge < -0.3 is 10.0 Å². The van der Waals surface area contributed by atoms with E-state index in [4.69, 9.17) is 10.0 Å². The second-order valence-corrected chi connectivity index (χ2v) is 4.52. The minimum absolute atomic E-state index is 0.166. The van der Waals surface area contributed by atoms with Gasteiger partial charge in [0.05, 0.1) is 0 Å². The Bertz CT molecular complexity index is 411. The van der Waals surface area contributed by atoms with Crippen molar-refractivity contribution >= 4 is 18.4 Å². The van der Waals surface area contributed by atoms with E-state index in [1.165, 1.54) is 0 Å². The summed E-state index contributed by atoms with van der Waals surface area (Å²) in [6, 6.07) is 4.94. The molecule has 0 unspecified atom stereocenters. The van der Waals surface area contributed by atoms with Crippen molar-refractivity contribution in [3.8, 4) is 0 Å². The van der Waals surface area contributed by atoms with Crippen molar-refractivity contribution in [3.63, 3.8) is 0 Å². The lowest BCUT2D eigenvalue weighted by Crippen LogP contribution is -2.30. The van der Waals surface area contributed by atoms with Crippen LogP contribution in [0.2, 0.25) is 0 Å². The third-order valence-electron chi connectivity index (χ3n) is 3.02. The molecule has 1 fully saturated rings. The van der Waals surface area contributed by atoms with Gasteiger partial charge in [0.15, 0.2) is 5.78 Å². The van der Waals surface area contributed by atoms with E-state index in [1.807, 2.05) is 6.92 Å². The molecule has 0 amide bonds. The number of ketones is 1. The maximum absolute atomic E-state index is 11.9. The molecule has 16 heavy (non-hydrogen) atoms. The van der Waals surface area contributed by atoms with Crippen LogP contribution in [0.15, 0.2) is 18.2 Å². The van der Waals surface area contributed by atoms with Crippen LogP contribution in [-0.2, 0) is 0 Å². The van der Waals surface area contributed by atoms with Gasteiger partial charge in [-0.2, -0.15) is 0 Å². The lowest BCUT2D eigenvalue weighted by molar-refractivity contribution is 0.0975. The summed E-state index contributed by atoms with van der Waals surface area (Å²) in [4.78, 5) is 11.9. The molecular formula is C12H15BO3. The number of aryl methyl sites for hydroxylation is 1. The molecule has 4 heteroatoms. The zero-order valence-electron chi connectivity index (χ0n) is 9.31. The van der Waals surface area contributed by atoms with Gasteiger partial charge in [-0.15, -0.1) is 0 Å². The number of benzene rings is 1. The van der Waals surface area contributed by atoms with Crippen LogP contribution in [0.3, 0.4) is 0 Å². The second kappa shape index (κ2) is 4.40. The van der Waals surface area contributed by atoms with Crippen molar-refractivity contribution in [2.24, 2.45) is 5.92 Å². The van der Waals surface area contributed by atoms with Crippen molar-refractivity contribution in [2.45, 2.75) is 26.2 Å². The number of carbonyl (C=O) groups is 1. The van der Waals surface area contributed by atoms with E-state index in [0.29, 0.717) is 23.4 Å². The standard InChI is InChI=1S/C12H15BO3/c1-8-6-10(13(15)16)4-5-11(8)12(14)7-9-2-3-9/h4-6,9,15-16H,2-3,7H2,1H3. The van der Waals surface area contributed by atoms with Gasteiger partial charge in [0.25, 0.3) is 0 Å². The molecule has 0 saturated heterocycles. The van der Waals surface area contributed by atoms with E-state index in [1.54, 1.807) is 18.2 Å². The number of hydrogen-bond donors (Lipinski definition) is 2. The number of rotatable bonds is 4. The number of hydrogen-bond acceptors (Lipinski definition) is 3. The fraction of sp³-hybridized carbons (Fsp3) is 0.417. The second-order valence-electron chi connectivity index (χ2n) is 4.52. The molecule has 1 aromatic rings. The average molecular weight is 218 g/mol. The maximum atomic E-state index is 11.9. The van der Waals surface area contributed by atoms with E-state index in [-0.39, 0.29) is 5.78 Å². The Labute approximate surface area is 95.3 Å². The van der Waals surface area contributed by atoms with Crippen molar-refractivity contribution in [1.29, 1.82) is 0 Å². The summed E-state index contributed by atoms with van der Waals surface area (Å²) in [5, 5.41) is 18.0. The SMILES string of the molecule is Cc1cc(B(O)O)ccc1C(=O)CC1CC1. The smallest absolute Gasteiger partial charge is 0.423 e. The quantitative estimate of drug-likeness (QED) is 0.576. The summed E-state index contributed by atoms with van der Waals surface area (Å²) < 4.78 is 0. The molecule has 0 aliphatic heterocycles. The molecule has 0 radical (unpaired) electrons. The molecule has 2 rings (SSSR count).